The van der Waals surface area contributed by atoms with Crippen LogP contribution < -0.4 is 15.9 Å². The van der Waals surface area contributed by atoms with Crippen LogP contribution in [0.2, 0.25) is 0 Å². The Kier molecular flexibility index (Phi) is 6.04. The average Bonchev–Trinajstić information content (AvgIpc) is 3.75. The highest BCUT2D eigenvalue weighted by molar-refractivity contribution is 7.85. The van der Waals surface area contributed by atoms with Crippen molar-refractivity contribution in [2.75, 3.05) is 0 Å². The third-order valence-corrected chi connectivity index (χ3v) is 15.9. The van der Waals surface area contributed by atoms with Gasteiger partial charge in [-0.2, -0.15) is 0 Å². The highest BCUT2D eigenvalue weighted by Gasteiger charge is 2.34. The van der Waals surface area contributed by atoms with Crippen LogP contribution in [0.3, 0.4) is 0 Å². The van der Waals surface area contributed by atoms with E-state index in [0.29, 0.717) is 0 Å². The molecule has 1 nitrogen and oxygen atoms in total. The molecular weight excluding hydrogens is 664 g/mol. The maximum absolute atomic E-state index is 16.9. The number of benzene rings is 9. The predicted molar refractivity (Wildman–Crippen MR) is 222 cm³/mol. The second-order valence-electron chi connectivity index (χ2n) is 13.1. The van der Waals surface area contributed by atoms with E-state index in [4.69, 9.17) is 0 Å². The smallest absolute Gasteiger partial charge is 0.171 e. The Balaban J connectivity index is 1.32. The Hall–Kier alpha value is -5.31. The molecule has 11 rings (SSSR count). The average molecular weight is 691 g/mol. The summed E-state index contributed by atoms with van der Waals surface area (Å²) in [4.78, 5) is 0. The molecule has 0 aliphatic carbocycles. The van der Waals surface area contributed by atoms with Crippen LogP contribution in [0, 0.1) is 0 Å². The molecule has 0 saturated carbocycles. The third-order valence-electron chi connectivity index (χ3n) is 10.5. The van der Waals surface area contributed by atoms with Crippen LogP contribution in [0.5, 0.6) is 0 Å². The summed E-state index contributed by atoms with van der Waals surface area (Å²) in [7, 11) is -3.47. The Labute approximate surface area is 296 Å². The van der Waals surface area contributed by atoms with Crippen molar-refractivity contribution in [3.8, 4) is 0 Å². The van der Waals surface area contributed by atoms with Gasteiger partial charge in [-0.1, -0.05) is 109 Å². The normalized spacial score (nSPS) is 12.5. The molecule has 0 radical (unpaired) electrons. The van der Waals surface area contributed by atoms with E-state index in [1.807, 2.05) is 0 Å². The van der Waals surface area contributed by atoms with Crippen molar-refractivity contribution >= 4 is 129 Å². The van der Waals surface area contributed by atoms with Gasteiger partial charge in [0, 0.05) is 56.3 Å². The summed E-state index contributed by atoms with van der Waals surface area (Å²) < 4.78 is 21.8. The zero-order chi connectivity index (χ0) is 33.0. The van der Waals surface area contributed by atoms with Crippen molar-refractivity contribution in [3.63, 3.8) is 0 Å². The Morgan fingerprint density at radius 1 is 0.320 bits per heavy atom. The molecule has 0 atom stereocenters. The lowest BCUT2D eigenvalue weighted by Gasteiger charge is -2.24. The van der Waals surface area contributed by atoms with E-state index < -0.39 is 7.14 Å². The summed E-state index contributed by atoms with van der Waals surface area (Å²) in [6.07, 6.45) is 0. The second kappa shape index (κ2) is 10.6. The monoisotopic (exact) mass is 690 g/mol. The molecule has 2 aromatic heterocycles. The minimum absolute atomic E-state index is 0.863. The lowest BCUT2D eigenvalue weighted by atomic mass is 9.91. The van der Waals surface area contributed by atoms with Gasteiger partial charge in [0.2, 0.25) is 0 Å². The molecule has 0 aliphatic heterocycles. The standard InChI is InChI=1S/C46H27OPS2/c47-48(28-21-23-44-38(25-28)34-15-7-9-19-42(34)49-44,29-22-24-45-39(26-29)35-16-8-10-20-43(35)50-45)41-27-40-32-13-2-1-11-30(32)31-12-3-5-17-36(31)46(40)37-18-6-4-14-33(37)41/h1-27H. The summed E-state index contributed by atoms with van der Waals surface area (Å²) >= 11 is 3.59. The Bertz CT molecular complexity index is 3140. The zero-order valence-corrected chi connectivity index (χ0v) is 29.3. The van der Waals surface area contributed by atoms with Crippen molar-refractivity contribution in [2.45, 2.75) is 0 Å². The second-order valence-corrected chi connectivity index (χ2v) is 18.0. The molecule has 9 aromatic carbocycles. The van der Waals surface area contributed by atoms with Crippen LogP contribution in [0.1, 0.15) is 0 Å². The van der Waals surface area contributed by atoms with Crippen LogP contribution in [-0.2, 0) is 4.57 Å². The highest BCUT2D eigenvalue weighted by atomic mass is 32.1. The van der Waals surface area contributed by atoms with Gasteiger partial charge >= 0.3 is 0 Å². The van der Waals surface area contributed by atoms with Crippen LogP contribution in [0.15, 0.2) is 164 Å². The topological polar surface area (TPSA) is 17.1 Å². The first kappa shape index (κ1) is 28.5. The first-order valence-electron chi connectivity index (χ1n) is 16.9. The number of rotatable bonds is 3. The molecule has 11 aromatic rings. The molecule has 234 valence electrons. The molecule has 4 heteroatoms. The van der Waals surface area contributed by atoms with Gasteiger partial charge in [0.1, 0.15) is 0 Å². The van der Waals surface area contributed by atoms with Gasteiger partial charge in [-0.3, -0.25) is 0 Å². The van der Waals surface area contributed by atoms with Crippen LogP contribution >= 0.6 is 29.8 Å². The number of hydrogen-bond acceptors (Lipinski definition) is 3. The molecule has 0 fully saturated rings. The van der Waals surface area contributed by atoms with Crippen molar-refractivity contribution in [1.82, 2.24) is 0 Å². The molecule has 0 bridgehead atoms. The summed E-state index contributed by atoms with van der Waals surface area (Å²) in [6, 6.07) is 58.5. The molecule has 0 N–H and O–H groups in total. The highest BCUT2D eigenvalue weighted by Crippen LogP contribution is 2.50. The first-order valence-corrected chi connectivity index (χ1v) is 20.2. The van der Waals surface area contributed by atoms with Gasteiger partial charge < -0.3 is 4.57 Å². The van der Waals surface area contributed by atoms with E-state index in [0.717, 1.165) is 42.8 Å². The van der Waals surface area contributed by atoms with Crippen molar-refractivity contribution < 1.29 is 4.57 Å². The molecule has 0 saturated heterocycles. The maximum atomic E-state index is 16.9. The first-order chi connectivity index (χ1) is 24.7. The van der Waals surface area contributed by atoms with Gasteiger partial charge in [0.05, 0.1) is 0 Å². The minimum atomic E-state index is -3.47. The largest absolute Gasteiger partial charge is 0.309 e. The van der Waals surface area contributed by atoms with Gasteiger partial charge in [-0.15, -0.1) is 22.7 Å². The molecule has 0 unspecified atom stereocenters. The van der Waals surface area contributed by atoms with E-state index in [1.165, 1.54) is 56.5 Å². The molecule has 2 heterocycles. The summed E-state index contributed by atoms with van der Waals surface area (Å²) in [5.74, 6) is 0. The van der Waals surface area contributed by atoms with Crippen molar-refractivity contribution in [2.24, 2.45) is 0 Å². The molecule has 0 aliphatic rings. The Morgan fingerprint density at radius 3 is 1.24 bits per heavy atom. The molecule has 0 amide bonds. The Morgan fingerprint density at radius 2 is 0.700 bits per heavy atom. The van der Waals surface area contributed by atoms with E-state index >= 15 is 4.57 Å². The predicted octanol–water partition coefficient (Wildman–Crippen LogP) is 12.7. The number of thiophene rings is 2. The summed E-state index contributed by atoms with van der Waals surface area (Å²) in [5, 5.41) is 16.7. The van der Waals surface area contributed by atoms with Crippen molar-refractivity contribution in [1.29, 1.82) is 0 Å². The fraction of sp³-hybridized carbons (Fsp3) is 0. The van der Waals surface area contributed by atoms with Crippen LogP contribution in [0.25, 0.3) is 83.4 Å². The van der Waals surface area contributed by atoms with Gasteiger partial charge in [-0.05, 0) is 97.7 Å². The fourth-order valence-corrected chi connectivity index (χ4v) is 13.3. The fourth-order valence-electron chi connectivity index (χ4n) is 8.26. The van der Waals surface area contributed by atoms with E-state index in [1.54, 1.807) is 22.7 Å². The molecular formula is C46H27OPS2. The SMILES string of the molecule is O=P(c1ccc2sc3ccccc3c2c1)(c1ccc2sc3ccccc3c2c1)c1cc2c3ccccc3c3ccccc3c2c2ccccc12. The quantitative estimate of drug-likeness (QED) is 0.133. The molecule has 0 spiro atoms. The van der Waals surface area contributed by atoms with E-state index in [9.17, 15) is 0 Å². The number of fused-ring (bicyclic) bond motifs is 14. The van der Waals surface area contributed by atoms with Gasteiger partial charge in [-0.25, -0.2) is 0 Å². The maximum Gasteiger partial charge on any atom is 0.171 e. The third kappa shape index (κ3) is 3.91. The summed E-state index contributed by atoms with van der Waals surface area (Å²) in [6.45, 7) is 0. The van der Waals surface area contributed by atoms with Crippen LogP contribution in [0.4, 0.5) is 0 Å². The van der Waals surface area contributed by atoms with E-state index in [-0.39, 0.29) is 0 Å². The van der Waals surface area contributed by atoms with Gasteiger partial charge in [0.25, 0.3) is 0 Å². The lowest BCUT2D eigenvalue weighted by molar-refractivity contribution is 0.592. The zero-order valence-electron chi connectivity index (χ0n) is 26.8. The minimum Gasteiger partial charge on any atom is -0.309 e. The van der Waals surface area contributed by atoms with Crippen LogP contribution in [-0.4, -0.2) is 0 Å². The molecule has 50 heavy (non-hydrogen) atoms. The summed E-state index contributed by atoms with van der Waals surface area (Å²) in [5.41, 5.74) is 0. The van der Waals surface area contributed by atoms with Crippen molar-refractivity contribution in [3.05, 3.63) is 164 Å². The number of hydrogen-bond donors (Lipinski definition) is 0. The van der Waals surface area contributed by atoms with Gasteiger partial charge in [0.15, 0.2) is 7.14 Å². The van der Waals surface area contributed by atoms with E-state index in [2.05, 4.69) is 164 Å². The lowest BCUT2D eigenvalue weighted by Crippen LogP contribution is -2.26.